The minimum absolute atomic E-state index is 0.299. The number of aromatic nitrogens is 2. The van der Waals surface area contributed by atoms with Crippen LogP contribution in [0.5, 0.6) is 5.75 Å². The average Bonchev–Trinajstić information content (AvgIpc) is 3.29. The number of imidazole rings is 1. The Morgan fingerprint density at radius 3 is 2.75 bits per heavy atom. The van der Waals surface area contributed by atoms with Crippen LogP contribution in [-0.4, -0.2) is 58.2 Å². The van der Waals surface area contributed by atoms with E-state index in [0.717, 1.165) is 66.7 Å². The predicted octanol–water partition coefficient (Wildman–Crippen LogP) is 7.08. The van der Waals surface area contributed by atoms with E-state index in [4.69, 9.17) is 4.98 Å². The summed E-state index contributed by atoms with van der Waals surface area (Å²) in [6.45, 7) is 15.3. The van der Waals surface area contributed by atoms with Crippen molar-refractivity contribution < 1.29 is 5.11 Å². The number of rotatable bonds is 13. The molecule has 0 amide bonds. The number of aromatic hydroxyl groups is 1. The van der Waals surface area contributed by atoms with E-state index in [9.17, 15) is 5.11 Å². The molecule has 2 aliphatic rings. The van der Waals surface area contributed by atoms with Gasteiger partial charge in [0.25, 0.3) is 0 Å². The number of phenolic OH excluding ortho intramolecular Hbond substituents is 1. The molecular formula is C34H51N5O. The first-order valence-corrected chi connectivity index (χ1v) is 15.3. The second kappa shape index (κ2) is 13.1. The Hall–Kier alpha value is -2.99. The van der Waals surface area contributed by atoms with Gasteiger partial charge in [-0.15, -0.1) is 0 Å². The van der Waals surface area contributed by atoms with Crippen molar-refractivity contribution in [2.75, 3.05) is 39.0 Å². The van der Waals surface area contributed by atoms with Crippen molar-refractivity contribution in [1.29, 1.82) is 0 Å². The van der Waals surface area contributed by atoms with Gasteiger partial charge < -0.3 is 19.9 Å². The lowest BCUT2D eigenvalue weighted by Crippen LogP contribution is -2.47. The van der Waals surface area contributed by atoms with Gasteiger partial charge in [-0.05, 0) is 48.7 Å². The summed E-state index contributed by atoms with van der Waals surface area (Å²) in [7, 11) is 6.04. The van der Waals surface area contributed by atoms with Gasteiger partial charge in [0.1, 0.15) is 5.75 Å². The average molecular weight is 546 g/mol. The quantitative estimate of drug-likeness (QED) is 0.208. The van der Waals surface area contributed by atoms with E-state index in [0.29, 0.717) is 11.2 Å². The number of fused-ring (bicyclic) bond motifs is 1. The Labute approximate surface area is 242 Å². The van der Waals surface area contributed by atoms with Crippen molar-refractivity contribution in [3.05, 3.63) is 65.8 Å². The van der Waals surface area contributed by atoms with Crippen LogP contribution in [0.4, 0.5) is 5.69 Å². The van der Waals surface area contributed by atoms with Crippen molar-refractivity contribution in [2.45, 2.75) is 72.3 Å². The number of nitrogens with one attached hydrogen (secondary N) is 1. The van der Waals surface area contributed by atoms with E-state index in [2.05, 4.69) is 79.4 Å². The lowest BCUT2D eigenvalue weighted by molar-refractivity contribution is -0.0128. The largest absolute Gasteiger partial charge is 0.505 e. The molecule has 6 nitrogen and oxygen atoms in total. The number of likely N-dealkylation sites (N-methyl/N-ethyl adjacent to an activating group) is 1. The van der Waals surface area contributed by atoms with Gasteiger partial charge in [-0.25, -0.2) is 4.98 Å². The summed E-state index contributed by atoms with van der Waals surface area (Å²) >= 11 is 0. The fraction of sp³-hybridized carbons (Fsp3) is 0.559. The van der Waals surface area contributed by atoms with Gasteiger partial charge in [-0.2, -0.15) is 0 Å². The highest BCUT2D eigenvalue weighted by atomic mass is 16.3. The molecule has 1 aliphatic heterocycles. The molecule has 0 spiro atoms. The highest BCUT2D eigenvalue weighted by Crippen LogP contribution is 2.53. The zero-order chi connectivity index (χ0) is 28.9. The van der Waals surface area contributed by atoms with Crippen LogP contribution in [0, 0.1) is 11.3 Å². The molecule has 4 rings (SSSR count). The summed E-state index contributed by atoms with van der Waals surface area (Å²) in [5.74, 6) is 2.11. The minimum Gasteiger partial charge on any atom is -0.505 e. The molecule has 2 heterocycles. The second-order valence-electron chi connectivity index (χ2n) is 11.8. The Kier molecular flexibility index (Phi) is 9.83. The van der Waals surface area contributed by atoms with E-state index in [1.54, 1.807) is 0 Å². The van der Waals surface area contributed by atoms with Crippen molar-refractivity contribution in [2.24, 2.45) is 18.4 Å². The minimum atomic E-state index is 0.299. The molecule has 40 heavy (non-hydrogen) atoms. The van der Waals surface area contributed by atoms with Gasteiger partial charge in [-0.1, -0.05) is 70.6 Å². The third kappa shape index (κ3) is 6.02. The van der Waals surface area contributed by atoms with Gasteiger partial charge in [0.15, 0.2) is 5.82 Å². The molecule has 218 valence electrons. The molecule has 1 aromatic heterocycles. The summed E-state index contributed by atoms with van der Waals surface area (Å²) in [4.78, 5) is 9.93. The number of phenols is 1. The first-order valence-electron chi connectivity index (χ1n) is 15.3. The topological polar surface area (TPSA) is 56.6 Å². The summed E-state index contributed by atoms with van der Waals surface area (Å²) in [5.41, 5.74) is 6.82. The molecule has 1 aromatic carbocycles. The smallest absolute Gasteiger partial charge is 0.156 e. The standard InChI is InChI=1S/C34H51N5O/c1-8-19-34(10-3)20-17-27(34)23-39-22-18-31-30(24-39)36-33(38(31)7)25(4)37(6)21-12-11-14-26(9-2)28-15-13-16-29(35-5)32(28)40/h11-16,27,35,40H,4,8-10,17-24H2,1-3,5-7H3/b12-11-,26-14+. The van der Waals surface area contributed by atoms with Crippen molar-refractivity contribution in [1.82, 2.24) is 19.4 Å². The molecule has 2 unspecified atom stereocenters. The van der Waals surface area contributed by atoms with Crippen LogP contribution < -0.4 is 5.32 Å². The SMILES string of the molecule is C=C(c1nc2c(n1C)CCN(CC1CCC1(CC)CCC)C2)N(C)C/C=C\C=C(/CC)c1cccc(NC)c1O. The lowest BCUT2D eigenvalue weighted by Gasteiger charge is -2.51. The first kappa shape index (κ1) is 30.0. The lowest BCUT2D eigenvalue weighted by atomic mass is 9.56. The highest BCUT2D eigenvalue weighted by molar-refractivity contribution is 5.77. The number of hydrogen-bond acceptors (Lipinski definition) is 5. The third-order valence-corrected chi connectivity index (χ3v) is 9.69. The fourth-order valence-corrected chi connectivity index (χ4v) is 6.91. The van der Waals surface area contributed by atoms with Gasteiger partial charge in [0.2, 0.25) is 0 Å². The molecule has 2 aromatic rings. The Morgan fingerprint density at radius 2 is 2.10 bits per heavy atom. The Balaban J connectivity index is 1.38. The van der Waals surface area contributed by atoms with Crippen LogP contribution in [0.25, 0.3) is 11.3 Å². The van der Waals surface area contributed by atoms with Crippen LogP contribution in [0.1, 0.15) is 82.1 Å². The molecule has 0 bridgehead atoms. The number of hydrogen-bond donors (Lipinski definition) is 2. The fourth-order valence-electron chi connectivity index (χ4n) is 6.91. The summed E-state index contributed by atoms with van der Waals surface area (Å²) in [5, 5.41) is 13.7. The molecule has 1 aliphatic carbocycles. The van der Waals surface area contributed by atoms with Crippen LogP contribution in [0.3, 0.4) is 0 Å². The van der Waals surface area contributed by atoms with Crippen LogP contribution in [0.2, 0.25) is 0 Å². The molecule has 2 atom stereocenters. The summed E-state index contributed by atoms with van der Waals surface area (Å²) in [6, 6.07) is 5.82. The molecule has 1 fully saturated rings. The van der Waals surface area contributed by atoms with E-state index in [-0.39, 0.29) is 0 Å². The van der Waals surface area contributed by atoms with Crippen molar-refractivity contribution in [3.8, 4) is 5.75 Å². The Morgan fingerprint density at radius 1 is 1.30 bits per heavy atom. The van der Waals surface area contributed by atoms with E-state index in [1.165, 1.54) is 50.0 Å². The molecule has 1 saturated carbocycles. The van der Waals surface area contributed by atoms with E-state index < -0.39 is 0 Å². The number of para-hydroxylation sites is 1. The summed E-state index contributed by atoms with van der Waals surface area (Å²) < 4.78 is 2.26. The number of nitrogens with zero attached hydrogens (tertiary/aromatic N) is 4. The maximum atomic E-state index is 10.6. The molecule has 0 radical (unpaired) electrons. The van der Waals surface area contributed by atoms with E-state index >= 15 is 0 Å². The monoisotopic (exact) mass is 545 g/mol. The maximum Gasteiger partial charge on any atom is 0.156 e. The zero-order valence-electron chi connectivity index (χ0n) is 25.8. The molecule has 0 saturated heterocycles. The van der Waals surface area contributed by atoms with Gasteiger partial charge in [0, 0.05) is 65.0 Å². The third-order valence-electron chi connectivity index (χ3n) is 9.69. The van der Waals surface area contributed by atoms with E-state index in [1.807, 2.05) is 25.2 Å². The van der Waals surface area contributed by atoms with Crippen LogP contribution in [0.15, 0.2) is 43.0 Å². The van der Waals surface area contributed by atoms with Gasteiger partial charge in [0.05, 0.1) is 17.1 Å². The Bertz CT molecular complexity index is 1240. The number of benzene rings is 1. The van der Waals surface area contributed by atoms with Gasteiger partial charge in [-0.3, -0.25) is 4.90 Å². The van der Waals surface area contributed by atoms with Gasteiger partial charge >= 0.3 is 0 Å². The molecule has 2 N–H and O–H groups in total. The maximum absolute atomic E-state index is 10.6. The highest BCUT2D eigenvalue weighted by Gasteiger charge is 2.45. The second-order valence-corrected chi connectivity index (χ2v) is 11.8. The number of anilines is 1. The predicted molar refractivity (Wildman–Crippen MR) is 169 cm³/mol. The van der Waals surface area contributed by atoms with Crippen molar-refractivity contribution >= 4 is 17.0 Å². The molecule has 6 heteroatoms. The van der Waals surface area contributed by atoms with Crippen LogP contribution >= 0.6 is 0 Å². The summed E-state index contributed by atoms with van der Waals surface area (Å²) in [6.07, 6.45) is 15.0. The normalized spacial score (nSPS) is 21.4. The van der Waals surface area contributed by atoms with Crippen LogP contribution in [-0.2, 0) is 20.0 Å². The number of allylic oxidation sites excluding steroid dienone is 3. The van der Waals surface area contributed by atoms with Crippen molar-refractivity contribution in [3.63, 3.8) is 0 Å². The first-order chi connectivity index (χ1) is 19.3. The zero-order valence-corrected chi connectivity index (χ0v) is 25.8. The molecular weight excluding hydrogens is 494 g/mol.